The number of rotatable bonds is 5. The molecule has 3 aromatic heterocycles. The molecule has 4 aromatic rings. The van der Waals surface area contributed by atoms with Crippen molar-refractivity contribution < 1.29 is 4.79 Å². The van der Waals surface area contributed by atoms with Gasteiger partial charge in [-0.2, -0.15) is 5.10 Å². The Kier molecular flexibility index (Phi) is 4.95. The fraction of sp³-hybridized carbons (Fsp3) is 0.182. The maximum absolute atomic E-state index is 13.0. The highest BCUT2D eigenvalue weighted by atomic mass is 16.1. The molecule has 0 saturated heterocycles. The summed E-state index contributed by atoms with van der Waals surface area (Å²) in [5.74, 6) is -0.277. The number of benzene rings is 1. The minimum atomic E-state index is -0.277. The molecule has 7 heteroatoms. The first-order valence-electron chi connectivity index (χ1n) is 9.33. The number of amides is 1. The molecule has 0 fully saturated rings. The van der Waals surface area contributed by atoms with E-state index in [4.69, 9.17) is 0 Å². The van der Waals surface area contributed by atoms with Crippen molar-refractivity contribution in [2.45, 2.75) is 20.0 Å². The van der Waals surface area contributed by atoms with E-state index in [1.807, 2.05) is 55.7 Å². The molecular weight excluding hydrogens is 366 g/mol. The molecule has 0 atom stereocenters. The lowest BCUT2D eigenvalue weighted by molar-refractivity contribution is 0.0949. The van der Waals surface area contributed by atoms with Crippen molar-refractivity contribution >= 4 is 16.8 Å². The van der Waals surface area contributed by atoms with Gasteiger partial charge in [-0.05, 0) is 30.7 Å². The summed E-state index contributed by atoms with van der Waals surface area (Å²) in [5, 5.41) is 7.52. The quantitative estimate of drug-likeness (QED) is 0.570. The Morgan fingerprint density at radius 3 is 2.62 bits per heavy atom. The monoisotopic (exact) mass is 387 g/mol. The number of aromatic nitrogens is 4. The molecule has 4 rings (SSSR count). The van der Waals surface area contributed by atoms with E-state index in [9.17, 15) is 9.59 Å². The highest BCUT2D eigenvalue weighted by Gasteiger charge is 2.14. The van der Waals surface area contributed by atoms with E-state index in [0.29, 0.717) is 35.2 Å². The van der Waals surface area contributed by atoms with Gasteiger partial charge in [0.25, 0.3) is 11.5 Å². The van der Waals surface area contributed by atoms with Crippen LogP contribution in [0.3, 0.4) is 0 Å². The predicted octanol–water partition coefficient (Wildman–Crippen LogP) is 2.42. The van der Waals surface area contributed by atoms with Crippen molar-refractivity contribution in [1.82, 2.24) is 24.6 Å². The number of carbonyl (C=O) groups excluding carboxylic acids is 1. The van der Waals surface area contributed by atoms with E-state index < -0.39 is 0 Å². The second kappa shape index (κ2) is 7.71. The Morgan fingerprint density at radius 2 is 1.90 bits per heavy atom. The van der Waals surface area contributed by atoms with Gasteiger partial charge in [-0.1, -0.05) is 30.3 Å². The van der Waals surface area contributed by atoms with Gasteiger partial charge < -0.3 is 9.88 Å². The standard InChI is InChI=1S/C22H21N5O2/c1-15-18(21(28)23-13-17-8-10-26(2)25-17)12-19-20(24-15)9-11-27(22(19)29)14-16-6-4-3-5-7-16/h3-12H,13-14H2,1-2H3,(H,23,28). The molecule has 0 bridgehead atoms. The Balaban J connectivity index is 1.64. The molecule has 0 saturated carbocycles. The van der Waals surface area contributed by atoms with Gasteiger partial charge in [-0.15, -0.1) is 0 Å². The van der Waals surface area contributed by atoms with Crippen molar-refractivity contribution in [3.05, 3.63) is 93.8 Å². The van der Waals surface area contributed by atoms with E-state index >= 15 is 0 Å². The number of carbonyl (C=O) groups is 1. The highest BCUT2D eigenvalue weighted by molar-refractivity contribution is 5.98. The molecule has 0 aliphatic heterocycles. The second-order valence-corrected chi connectivity index (χ2v) is 6.95. The van der Waals surface area contributed by atoms with Crippen LogP contribution in [-0.2, 0) is 20.1 Å². The van der Waals surface area contributed by atoms with Crippen LogP contribution >= 0.6 is 0 Å². The van der Waals surface area contributed by atoms with E-state index in [1.54, 1.807) is 28.4 Å². The third-order valence-electron chi connectivity index (χ3n) is 4.79. The largest absolute Gasteiger partial charge is 0.346 e. The summed E-state index contributed by atoms with van der Waals surface area (Å²) in [6, 6.07) is 15.1. The van der Waals surface area contributed by atoms with Crippen molar-refractivity contribution in [3.8, 4) is 0 Å². The van der Waals surface area contributed by atoms with Crippen molar-refractivity contribution in [2.24, 2.45) is 7.05 Å². The predicted molar refractivity (Wildman–Crippen MR) is 111 cm³/mol. The van der Waals surface area contributed by atoms with Gasteiger partial charge in [0, 0.05) is 19.4 Å². The molecule has 0 radical (unpaired) electrons. The van der Waals surface area contributed by atoms with Gasteiger partial charge in [-0.3, -0.25) is 19.3 Å². The van der Waals surface area contributed by atoms with Gasteiger partial charge in [0.1, 0.15) is 0 Å². The SMILES string of the molecule is Cc1nc2ccn(Cc3ccccc3)c(=O)c2cc1C(=O)NCc1ccn(C)n1. The first kappa shape index (κ1) is 18.6. The van der Waals surface area contributed by atoms with E-state index in [0.717, 1.165) is 11.3 Å². The zero-order valence-corrected chi connectivity index (χ0v) is 16.3. The van der Waals surface area contributed by atoms with E-state index in [1.165, 1.54) is 0 Å². The van der Waals surface area contributed by atoms with Crippen LogP contribution < -0.4 is 10.9 Å². The Labute approximate surface area is 167 Å². The van der Waals surface area contributed by atoms with Crippen LogP contribution in [0.1, 0.15) is 27.3 Å². The number of aryl methyl sites for hydroxylation is 2. The molecule has 0 spiro atoms. The third kappa shape index (κ3) is 3.94. The number of pyridine rings is 2. The maximum atomic E-state index is 13.0. The Morgan fingerprint density at radius 1 is 1.10 bits per heavy atom. The lowest BCUT2D eigenvalue weighted by Gasteiger charge is -2.10. The fourth-order valence-electron chi connectivity index (χ4n) is 3.26. The average molecular weight is 387 g/mol. The summed E-state index contributed by atoms with van der Waals surface area (Å²) >= 11 is 0. The van der Waals surface area contributed by atoms with Crippen LogP contribution in [0, 0.1) is 6.92 Å². The molecule has 1 aromatic carbocycles. The number of hydrogen-bond acceptors (Lipinski definition) is 4. The first-order valence-corrected chi connectivity index (χ1v) is 9.33. The van der Waals surface area contributed by atoms with Crippen LogP contribution in [0.2, 0.25) is 0 Å². The number of hydrogen-bond donors (Lipinski definition) is 1. The van der Waals surface area contributed by atoms with Crippen LogP contribution in [0.4, 0.5) is 0 Å². The first-order chi connectivity index (χ1) is 14.0. The fourth-order valence-corrected chi connectivity index (χ4v) is 3.26. The molecule has 3 heterocycles. The summed E-state index contributed by atoms with van der Waals surface area (Å²) < 4.78 is 3.31. The zero-order valence-electron chi connectivity index (χ0n) is 16.3. The van der Waals surface area contributed by atoms with Gasteiger partial charge in [0.2, 0.25) is 0 Å². The van der Waals surface area contributed by atoms with Crippen LogP contribution in [0.15, 0.2) is 65.7 Å². The van der Waals surface area contributed by atoms with E-state index in [2.05, 4.69) is 15.4 Å². The molecule has 1 amide bonds. The molecule has 0 unspecified atom stereocenters. The molecule has 29 heavy (non-hydrogen) atoms. The maximum Gasteiger partial charge on any atom is 0.260 e. The highest BCUT2D eigenvalue weighted by Crippen LogP contribution is 2.14. The molecule has 1 N–H and O–H groups in total. The number of nitrogens with zero attached hydrogens (tertiary/aromatic N) is 4. The molecule has 146 valence electrons. The third-order valence-corrected chi connectivity index (χ3v) is 4.79. The number of fused-ring (bicyclic) bond motifs is 1. The Bertz CT molecular complexity index is 1240. The lowest BCUT2D eigenvalue weighted by Crippen LogP contribution is -2.25. The summed E-state index contributed by atoms with van der Waals surface area (Å²) in [6.45, 7) is 2.54. The van der Waals surface area contributed by atoms with Gasteiger partial charge in [0.15, 0.2) is 0 Å². The van der Waals surface area contributed by atoms with Crippen LogP contribution in [-0.4, -0.2) is 25.2 Å². The molecule has 0 aliphatic carbocycles. The summed E-state index contributed by atoms with van der Waals surface area (Å²) in [7, 11) is 1.82. The summed E-state index contributed by atoms with van der Waals surface area (Å²) in [4.78, 5) is 30.1. The normalized spacial score (nSPS) is 11.0. The smallest absolute Gasteiger partial charge is 0.260 e. The topological polar surface area (TPSA) is 81.8 Å². The lowest BCUT2D eigenvalue weighted by atomic mass is 10.1. The average Bonchev–Trinajstić information content (AvgIpc) is 3.14. The van der Waals surface area contributed by atoms with Gasteiger partial charge in [-0.25, -0.2) is 0 Å². The molecule has 7 nitrogen and oxygen atoms in total. The second-order valence-electron chi connectivity index (χ2n) is 6.95. The summed E-state index contributed by atoms with van der Waals surface area (Å²) in [6.07, 6.45) is 3.56. The summed E-state index contributed by atoms with van der Waals surface area (Å²) in [5.41, 5.74) is 3.18. The van der Waals surface area contributed by atoms with E-state index in [-0.39, 0.29) is 11.5 Å². The number of nitrogens with one attached hydrogen (secondary N) is 1. The van der Waals surface area contributed by atoms with Gasteiger partial charge in [0.05, 0.1) is 40.9 Å². The van der Waals surface area contributed by atoms with Gasteiger partial charge >= 0.3 is 0 Å². The molecule has 0 aliphatic rings. The Hall–Kier alpha value is -3.74. The van der Waals surface area contributed by atoms with Crippen LogP contribution in [0.5, 0.6) is 0 Å². The van der Waals surface area contributed by atoms with Crippen LogP contribution in [0.25, 0.3) is 10.9 Å². The van der Waals surface area contributed by atoms with Crippen molar-refractivity contribution in [3.63, 3.8) is 0 Å². The molecular formula is C22H21N5O2. The minimum Gasteiger partial charge on any atom is -0.346 e. The van der Waals surface area contributed by atoms with Crippen molar-refractivity contribution in [1.29, 1.82) is 0 Å². The zero-order chi connectivity index (χ0) is 20.4. The minimum absolute atomic E-state index is 0.169. The van der Waals surface area contributed by atoms with Crippen molar-refractivity contribution in [2.75, 3.05) is 0 Å².